The van der Waals surface area contributed by atoms with Crippen molar-refractivity contribution in [2.75, 3.05) is 26.9 Å². The van der Waals surface area contributed by atoms with Crippen LogP contribution in [0.5, 0.6) is 17.4 Å². The number of ether oxygens (including phenoxy) is 3. The predicted molar refractivity (Wildman–Crippen MR) is 140 cm³/mol. The number of pyridine rings is 1. The number of fused-ring (bicyclic) bond motifs is 1. The normalized spacial score (nSPS) is 12.6. The van der Waals surface area contributed by atoms with E-state index in [0.29, 0.717) is 23.4 Å². The minimum absolute atomic E-state index is 0.0893. The van der Waals surface area contributed by atoms with Gasteiger partial charge in [0.05, 0.1) is 19.2 Å². The lowest BCUT2D eigenvalue weighted by atomic mass is 10.1. The standard InChI is InChI=1S/C29H30N2O6/c1-35-29(34)26-16-21-7-5-6-10-27(21)31-28(26)37-25-13-11-20(12-14-25)15-22(18-32)30-17-23(33)19-36-24-8-3-2-4-9-24/h2-14,16,22-23,30,32-33H,15,17-19H2,1H3/t22-,23?/m0/s1. The van der Waals surface area contributed by atoms with Gasteiger partial charge in [-0.25, -0.2) is 9.78 Å². The van der Waals surface area contributed by atoms with Crippen molar-refractivity contribution in [2.45, 2.75) is 18.6 Å². The number of hydrogen-bond acceptors (Lipinski definition) is 8. The molecular formula is C29H30N2O6. The Kier molecular flexibility index (Phi) is 9.04. The van der Waals surface area contributed by atoms with Crippen molar-refractivity contribution in [3.63, 3.8) is 0 Å². The highest BCUT2D eigenvalue weighted by Crippen LogP contribution is 2.28. The molecule has 0 saturated carbocycles. The monoisotopic (exact) mass is 502 g/mol. The van der Waals surface area contributed by atoms with Gasteiger partial charge in [-0.2, -0.15) is 0 Å². The zero-order valence-corrected chi connectivity index (χ0v) is 20.5. The Bertz CT molecular complexity index is 1300. The summed E-state index contributed by atoms with van der Waals surface area (Å²) in [6.07, 6.45) is -0.173. The van der Waals surface area contributed by atoms with E-state index in [1.54, 1.807) is 18.2 Å². The number of aliphatic hydroxyl groups excluding tert-OH is 2. The van der Waals surface area contributed by atoms with E-state index < -0.39 is 12.1 Å². The van der Waals surface area contributed by atoms with Gasteiger partial charge >= 0.3 is 5.97 Å². The minimum Gasteiger partial charge on any atom is -0.491 e. The molecule has 1 aromatic heterocycles. The molecule has 0 aliphatic carbocycles. The molecule has 0 saturated heterocycles. The fraction of sp³-hybridized carbons (Fsp3) is 0.241. The molecule has 8 heteroatoms. The fourth-order valence-corrected chi connectivity index (χ4v) is 3.79. The summed E-state index contributed by atoms with van der Waals surface area (Å²) in [7, 11) is 1.32. The number of benzene rings is 3. The SMILES string of the molecule is COC(=O)c1cc2ccccc2nc1Oc1ccc(C[C@@H](CO)NCC(O)COc2ccccc2)cc1. The van der Waals surface area contributed by atoms with Crippen LogP contribution in [-0.2, 0) is 11.2 Å². The second-order valence-corrected chi connectivity index (χ2v) is 8.54. The van der Waals surface area contributed by atoms with Crippen molar-refractivity contribution >= 4 is 16.9 Å². The number of carbonyl (C=O) groups excluding carboxylic acids is 1. The predicted octanol–water partition coefficient (Wildman–Crippen LogP) is 3.75. The van der Waals surface area contributed by atoms with Gasteiger partial charge < -0.3 is 29.7 Å². The molecule has 0 aliphatic heterocycles. The number of para-hydroxylation sites is 2. The maximum Gasteiger partial charge on any atom is 0.343 e. The van der Waals surface area contributed by atoms with Crippen molar-refractivity contribution < 1.29 is 29.2 Å². The van der Waals surface area contributed by atoms with E-state index in [-0.39, 0.29) is 37.2 Å². The summed E-state index contributed by atoms with van der Waals surface area (Å²) in [5, 5.41) is 24.0. The van der Waals surface area contributed by atoms with Crippen molar-refractivity contribution in [3.8, 4) is 17.4 Å². The molecule has 1 unspecified atom stereocenters. The number of carbonyl (C=O) groups is 1. The first kappa shape index (κ1) is 26.1. The lowest BCUT2D eigenvalue weighted by Gasteiger charge is -2.19. The quantitative estimate of drug-likeness (QED) is 0.251. The Labute approximate surface area is 215 Å². The number of esters is 1. The summed E-state index contributed by atoms with van der Waals surface area (Å²) in [5.41, 5.74) is 1.91. The molecule has 8 nitrogen and oxygen atoms in total. The fourth-order valence-electron chi connectivity index (χ4n) is 3.79. The van der Waals surface area contributed by atoms with E-state index in [0.717, 1.165) is 10.9 Å². The highest BCUT2D eigenvalue weighted by atomic mass is 16.5. The Morgan fingerprint density at radius 2 is 1.70 bits per heavy atom. The Morgan fingerprint density at radius 3 is 2.43 bits per heavy atom. The van der Waals surface area contributed by atoms with Crippen LogP contribution in [0.25, 0.3) is 10.9 Å². The molecule has 0 amide bonds. The highest BCUT2D eigenvalue weighted by Gasteiger charge is 2.17. The number of rotatable bonds is 12. The topological polar surface area (TPSA) is 110 Å². The summed E-state index contributed by atoms with van der Waals surface area (Å²) in [6.45, 7) is 0.342. The number of nitrogens with zero attached hydrogens (tertiary/aromatic N) is 1. The number of aliphatic hydroxyl groups is 2. The average molecular weight is 503 g/mol. The van der Waals surface area contributed by atoms with Crippen LogP contribution in [0.2, 0.25) is 0 Å². The van der Waals surface area contributed by atoms with E-state index in [1.165, 1.54) is 7.11 Å². The first-order chi connectivity index (χ1) is 18.1. The molecule has 4 rings (SSSR count). The summed E-state index contributed by atoms with van der Waals surface area (Å²) in [4.78, 5) is 16.8. The molecule has 4 aromatic rings. The third-order valence-electron chi connectivity index (χ3n) is 5.76. The Balaban J connectivity index is 1.34. The summed E-state index contributed by atoms with van der Waals surface area (Å²) < 4.78 is 16.4. The first-order valence-corrected chi connectivity index (χ1v) is 12.0. The van der Waals surface area contributed by atoms with Gasteiger partial charge in [0, 0.05) is 18.0 Å². The minimum atomic E-state index is -0.719. The summed E-state index contributed by atoms with van der Waals surface area (Å²) >= 11 is 0. The second kappa shape index (κ2) is 12.8. The number of nitrogens with one attached hydrogen (secondary N) is 1. The molecule has 0 fully saturated rings. The molecule has 3 aromatic carbocycles. The molecule has 0 aliphatic rings. The molecular weight excluding hydrogens is 472 g/mol. The van der Waals surface area contributed by atoms with Gasteiger partial charge in [-0.3, -0.25) is 0 Å². The Morgan fingerprint density at radius 1 is 0.973 bits per heavy atom. The molecule has 37 heavy (non-hydrogen) atoms. The van der Waals surface area contributed by atoms with Crippen LogP contribution in [0.1, 0.15) is 15.9 Å². The smallest absolute Gasteiger partial charge is 0.343 e. The van der Waals surface area contributed by atoms with Gasteiger partial charge in [-0.1, -0.05) is 48.5 Å². The molecule has 0 radical (unpaired) electrons. The zero-order chi connectivity index (χ0) is 26.0. The first-order valence-electron chi connectivity index (χ1n) is 12.0. The van der Waals surface area contributed by atoms with Gasteiger partial charge in [-0.05, 0) is 48.4 Å². The van der Waals surface area contributed by atoms with Gasteiger partial charge in [-0.15, -0.1) is 0 Å². The van der Waals surface area contributed by atoms with Crippen LogP contribution in [-0.4, -0.2) is 60.2 Å². The van der Waals surface area contributed by atoms with Crippen molar-refractivity contribution in [2.24, 2.45) is 0 Å². The highest BCUT2D eigenvalue weighted by molar-refractivity contribution is 5.96. The van der Waals surface area contributed by atoms with Gasteiger partial charge in [0.1, 0.15) is 29.8 Å². The van der Waals surface area contributed by atoms with Crippen LogP contribution in [0.3, 0.4) is 0 Å². The van der Waals surface area contributed by atoms with E-state index >= 15 is 0 Å². The Hall–Kier alpha value is -3.98. The van der Waals surface area contributed by atoms with Crippen LogP contribution < -0.4 is 14.8 Å². The maximum absolute atomic E-state index is 12.3. The molecule has 1 heterocycles. The van der Waals surface area contributed by atoms with Gasteiger partial charge in [0.2, 0.25) is 5.88 Å². The molecule has 0 spiro atoms. The summed E-state index contributed by atoms with van der Waals surface area (Å²) in [6, 6.07) is 25.5. The number of hydrogen-bond donors (Lipinski definition) is 3. The number of aromatic nitrogens is 1. The largest absolute Gasteiger partial charge is 0.491 e. The van der Waals surface area contributed by atoms with Crippen molar-refractivity contribution in [1.82, 2.24) is 10.3 Å². The summed E-state index contributed by atoms with van der Waals surface area (Å²) in [5.74, 6) is 0.844. The lowest BCUT2D eigenvalue weighted by molar-refractivity contribution is 0.0597. The number of methoxy groups -OCH3 is 1. The van der Waals surface area contributed by atoms with E-state index in [9.17, 15) is 15.0 Å². The molecule has 192 valence electrons. The van der Waals surface area contributed by atoms with E-state index in [1.807, 2.05) is 66.7 Å². The van der Waals surface area contributed by atoms with Gasteiger partial charge in [0.25, 0.3) is 0 Å². The second-order valence-electron chi connectivity index (χ2n) is 8.54. The van der Waals surface area contributed by atoms with Crippen LogP contribution in [0.15, 0.2) is 84.9 Å². The van der Waals surface area contributed by atoms with Crippen LogP contribution >= 0.6 is 0 Å². The van der Waals surface area contributed by atoms with Gasteiger partial charge in [0.15, 0.2) is 0 Å². The van der Waals surface area contributed by atoms with E-state index in [2.05, 4.69) is 10.3 Å². The van der Waals surface area contributed by atoms with Crippen LogP contribution in [0.4, 0.5) is 0 Å². The molecule has 0 bridgehead atoms. The molecule has 2 atom stereocenters. The van der Waals surface area contributed by atoms with Crippen molar-refractivity contribution in [1.29, 1.82) is 0 Å². The van der Waals surface area contributed by atoms with Crippen molar-refractivity contribution in [3.05, 3.63) is 96.1 Å². The lowest BCUT2D eigenvalue weighted by Crippen LogP contribution is -2.41. The van der Waals surface area contributed by atoms with Crippen LogP contribution in [0, 0.1) is 0 Å². The zero-order valence-electron chi connectivity index (χ0n) is 20.5. The average Bonchev–Trinajstić information content (AvgIpc) is 2.94. The molecule has 3 N–H and O–H groups in total. The third kappa shape index (κ3) is 7.27. The maximum atomic E-state index is 12.3. The van der Waals surface area contributed by atoms with E-state index in [4.69, 9.17) is 14.2 Å². The third-order valence-corrected chi connectivity index (χ3v) is 5.76.